The second-order valence-electron chi connectivity index (χ2n) is 4.41. The number of pyridine rings is 1. The molecular formula is C14H19N5O. The minimum atomic E-state index is 0.204. The standard InChI is InChI=1S/C14H19N5O/c1-4-19(9-11-7-5-6-10(2)16-11)12-8-13(20-3)18-14(15)17-12/h5-8H,4,9H2,1-3H3,(H2,15,17,18). The first-order valence-electron chi connectivity index (χ1n) is 6.48. The van der Waals surface area contributed by atoms with Crippen LogP contribution in [0.25, 0.3) is 0 Å². The molecule has 0 spiro atoms. The second-order valence-corrected chi connectivity index (χ2v) is 4.41. The maximum absolute atomic E-state index is 5.70. The Morgan fingerprint density at radius 2 is 2.05 bits per heavy atom. The lowest BCUT2D eigenvalue weighted by Gasteiger charge is -2.22. The summed E-state index contributed by atoms with van der Waals surface area (Å²) in [5.41, 5.74) is 7.69. The third kappa shape index (κ3) is 3.34. The first-order chi connectivity index (χ1) is 9.62. The molecule has 0 saturated carbocycles. The lowest BCUT2D eigenvalue weighted by atomic mass is 10.3. The predicted molar refractivity (Wildman–Crippen MR) is 78.7 cm³/mol. The molecule has 0 amide bonds. The first-order valence-corrected chi connectivity index (χ1v) is 6.48. The van der Waals surface area contributed by atoms with E-state index < -0.39 is 0 Å². The molecule has 0 unspecified atom stereocenters. The minimum absolute atomic E-state index is 0.204. The number of anilines is 2. The van der Waals surface area contributed by atoms with Crippen LogP contribution in [-0.4, -0.2) is 28.6 Å². The molecule has 0 aliphatic heterocycles. The highest BCUT2D eigenvalue weighted by molar-refractivity contribution is 5.45. The SMILES string of the molecule is CCN(Cc1cccc(C)n1)c1cc(OC)nc(N)n1. The molecule has 0 aromatic carbocycles. The number of aryl methyl sites for hydroxylation is 1. The van der Waals surface area contributed by atoms with E-state index in [9.17, 15) is 0 Å². The average molecular weight is 273 g/mol. The van der Waals surface area contributed by atoms with Crippen molar-refractivity contribution in [3.63, 3.8) is 0 Å². The maximum Gasteiger partial charge on any atom is 0.225 e. The maximum atomic E-state index is 5.70. The largest absolute Gasteiger partial charge is 0.481 e. The summed E-state index contributed by atoms with van der Waals surface area (Å²) in [5.74, 6) is 1.40. The van der Waals surface area contributed by atoms with E-state index in [2.05, 4.69) is 26.8 Å². The predicted octanol–water partition coefficient (Wildman–Crippen LogP) is 1.80. The third-order valence-electron chi connectivity index (χ3n) is 2.92. The van der Waals surface area contributed by atoms with Gasteiger partial charge in [0.25, 0.3) is 0 Å². The number of hydrogen-bond acceptors (Lipinski definition) is 6. The number of rotatable bonds is 5. The van der Waals surface area contributed by atoms with Gasteiger partial charge in [0.15, 0.2) is 0 Å². The van der Waals surface area contributed by atoms with E-state index in [1.54, 1.807) is 13.2 Å². The van der Waals surface area contributed by atoms with Gasteiger partial charge in [-0.25, -0.2) is 0 Å². The fourth-order valence-corrected chi connectivity index (χ4v) is 1.93. The monoisotopic (exact) mass is 273 g/mol. The van der Waals surface area contributed by atoms with Crippen LogP contribution in [0.2, 0.25) is 0 Å². The molecule has 0 aliphatic rings. The van der Waals surface area contributed by atoms with Crippen molar-refractivity contribution in [3.8, 4) is 5.88 Å². The normalized spacial score (nSPS) is 10.3. The van der Waals surface area contributed by atoms with Gasteiger partial charge in [0, 0.05) is 18.3 Å². The van der Waals surface area contributed by atoms with Crippen molar-refractivity contribution in [2.24, 2.45) is 0 Å². The molecular weight excluding hydrogens is 254 g/mol. The first kappa shape index (κ1) is 14.0. The summed E-state index contributed by atoms with van der Waals surface area (Å²) < 4.78 is 5.13. The Bertz CT molecular complexity index is 588. The van der Waals surface area contributed by atoms with E-state index >= 15 is 0 Å². The number of hydrogen-bond donors (Lipinski definition) is 1. The molecule has 2 N–H and O–H groups in total. The van der Waals surface area contributed by atoms with Crippen LogP contribution in [0.5, 0.6) is 5.88 Å². The molecule has 0 saturated heterocycles. The minimum Gasteiger partial charge on any atom is -0.481 e. The summed E-state index contributed by atoms with van der Waals surface area (Å²) in [5, 5.41) is 0. The fourth-order valence-electron chi connectivity index (χ4n) is 1.93. The molecule has 0 atom stereocenters. The highest BCUT2D eigenvalue weighted by Gasteiger charge is 2.11. The van der Waals surface area contributed by atoms with Crippen molar-refractivity contribution in [2.75, 3.05) is 24.3 Å². The van der Waals surface area contributed by atoms with Crippen molar-refractivity contribution in [2.45, 2.75) is 20.4 Å². The van der Waals surface area contributed by atoms with Crippen LogP contribution in [0, 0.1) is 6.92 Å². The van der Waals surface area contributed by atoms with Gasteiger partial charge >= 0.3 is 0 Å². The van der Waals surface area contributed by atoms with Crippen molar-refractivity contribution >= 4 is 11.8 Å². The van der Waals surface area contributed by atoms with Crippen molar-refractivity contribution in [1.82, 2.24) is 15.0 Å². The third-order valence-corrected chi connectivity index (χ3v) is 2.92. The Morgan fingerprint density at radius 3 is 2.70 bits per heavy atom. The van der Waals surface area contributed by atoms with Gasteiger partial charge in [-0.3, -0.25) is 4.98 Å². The quantitative estimate of drug-likeness (QED) is 0.895. The van der Waals surface area contributed by atoms with Crippen LogP contribution in [0.15, 0.2) is 24.3 Å². The Balaban J connectivity index is 2.26. The van der Waals surface area contributed by atoms with Crippen molar-refractivity contribution in [1.29, 1.82) is 0 Å². The highest BCUT2D eigenvalue weighted by Crippen LogP contribution is 2.19. The van der Waals surface area contributed by atoms with Gasteiger partial charge in [0.05, 0.1) is 19.3 Å². The van der Waals surface area contributed by atoms with E-state index in [-0.39, 0.29) is 5.95 Å². The summed E-state index contributed by atoms with van der Waals surface area (Å²) in [6.45, 7) is 5.49. The van der Waals surface area contributed by atoms with Gasteiger partial charge in [-0.05, 0) is 26.0 Å². The Kier molecular flexibility index (Phi) is 4.34. The zero-order valence-electron chi connectivity index (χ0n) is 12.0. The molecule has 0 radical (unpaired) electrons. The number of aromatic nitrogens is 3. The zero-order chi connectivity index (χ0) is 14.5. The van der Waals surface area contributed by atoms with Gasteiger partial charge in [-0.15, -0.1) is 0 Å². The van der Waals surface area contributed by atoms with Crippen LogP contribution < -0.4 is 15.4 Å². The van der Waals surface area contributed by atoms with Crippen molar-refractivity contribution < 1.29 is 4.74 Å². The van der Waals surface area contributed by atoms with E-state index in [0.717, 1.165) is 23.8 Å². The van der Waals surface area contributed by atoms with E-state index in [1.165, 1.54) is 0 Å². The van der Waals surface area contributed by atoms with Crippen LogP contribution in [0.4, 0.5) is 11.8 Å². The Morgan fingerprint density at radius 1 is 1.25 bits per heavy atom. The Hall–Kier alpha value is -2.37. The van der Waals surface area contributed by atoms with Gasteiger partial charge in [-0.1, -0.05) is 6.07 Å². The topological polar surface area (TPSA) is 77.2 Å². The summed E-state index contributed by atoms with van der Waals surface area (Å²) in [6.07, 6.45) is 0. The fraction of sp³-hybridized carbons (Fsp3) is 0.357. The smallest absolute Gasteiger partial charge is 0.225 e. The van der Waals surface area contributed by atoms with E-state index in [1.807, 2.05) is 25.1 Å². The zero-order valence-corrected chi connectivity index (χ0v) is 12.0. The van der Waals surface area contributed by atoms with Gasteiger partial charge in [0.2, 0.25) is 11.8 Å². The van der Waals surface area contributed by atoms with Crippen LogP contribution >= 0.6 is 0 Å². The molecule has 2 rings (SSSR count). The molecule has 2 aromatic heterocycles. The molecule has 2 heterocycles. The Labute approximate surface area is 118 Å². The molecule has 0 aliphatic carbocycles. The number of nitrogen functional groups attached to an aromatic ring is 1. The molecule has 0 fully saturated rings. The summed E-state index contributed by atoms with van der Waals surface area (Å²) in [7, 11) is 1.56. The van der Waals surface area contributed by atoms with Gasteiger partial charge < -0.3 is 15.4 Å². The molecule has 0 bridgehead atoms. The average Bonchev–Trinajstić information content (AvgIpc) is 2.44. The summed E-state index contributed by atoms with van der Waals surface area (Å²) in [4.78, 5) is 14.8. The van der Waals surface area contributed by atoms with E-state index in [4.69, 9.17) is 10.5 Å². The molecule has 6 nitrogen and oxygen atoms in total. The number of nitrogens with two attached hydrogens (primary N) is 1. The van der Waals surface area contributed by atoms with Crippen LogP contribution in [0.3, 0.4) is 0 Å². The number of ether oxygens (including phenoxy) is 1. The molecule has 106 valence electrons. The van der Waals surface area contributed by atoms with Gasteiger partial charge in [-0.2, -0.15) is 9.97 Å². The highest BCUT2D eigenvalue weighted by atomic mass is 16.5. The molecule has 6 heteroatoms. The van der Waals surface area contributed by atoms with Crippen molar-refractivity contribution in [3.05, 3.63) is 35.7 Å². The lowest BCUT2D eigenvalue weighted by molar-refractivity contribution is 0.397. The summed E-state index contributed by atoms with van der Waals surface area (Å²) >= 11 is 0. The summed E-state index contributed by atoms with van der Waals surface area (Å²) in [6, 6.07) is 7.75. The molecule has 20 heavy (non-hydrogen) atoms. The van der Waals surface area contributed by atoms with E-state index in [0.29, 0.717) is 12.4 Å². The number of methoxy groups -OCH3 is 1. The second kappa shape index (κ2) is 6.18. The molecule has 2 aromatic rings. The lowest BCUT2D eigenvalue weighted by Crippen LogP contribution is -2.24. The van der Waals surface area contributed by atoms with Crippen LogP contribution in [0.1, 0.15) is 18.3 Å². The number of nitrogens with zero attached hydrogens (tertiary/aromatic N) is 4. The van der Waals surface area contributed by atoms with Gasteiger partial charge in [0.1, 0.15) is 5.82 Å². The van der Waals surface area contributed by atoms with Crippen LogP contribution in [-0.2, 0) is 6.54 Å².